The molecule has 0 aromatic carbocycles. The Bertz CT molecular complexity index is 227. The van der Waals surface area contributed by atoms with Crippen molar-refractivity contribution in [2.45, 2.75) is 19.3 Å². The third-order valence-electron chi connectivity index (χ3n) is 2.29. The van der Waals surface area contributed by atoms with Crippen LogP contribution in [0.3, 0.4) is 0 Å². The Morgan fingerprint density at radius 2 is 2.13 bits per heavy atom. The topological polar surface area (TPSA) is 67.4 Å². The zero-order valence-electron chi connectivity index (χ0n) is 9.04. The molecule has 0 bridgehead atoms. The highest BCUT2D eigenvalue weighted by Gasteiger charge is 2.20. The maximum atomic E-state index is 11.2. The zero-order valence-corrected chi connectivity index (χ0v) is 9.04. The van der Waals surface area contributed by atoms with Crippen LogP contribution in [0.15, 0.2) is 0 Å². The van der Waals surface area contributed by atoms with Gasteiger partial charge in [0.15, 0.2) is 0 Å². The molecule has 0 radical (unpaired) electrons. The van der Waals surface area contributed by atoms with Crippen molar-refractivity contribution < 1.29 is 14.3 Å². The van der Waals surface area contributed by atoms with Gasteiger partial charge in [-0.2, -0.15) is 0 Å². The van der Waals surface area contributed by atoms with E-state index in [1.165, 1.54) is 20.0 Å². The highest BCUT2D eigenvalue weighted by Crippen LogP contribution is 2.27. The second-order valence-electron chi connectivity index (χ2n) is 3.75. The Morgan fingerprint density at radius 1 is 1.40 bits per heavy atom. The smallest absolute Gasteiger partial charge is 0.307 e. The van der Waals surface area contributed by atoms with Crippen LogP contribution < -0.4 is 10.6 Å². The minimum atomic E-state index is -0.304. The van der Waals surface area contributed by atoms with Gasteiger partial charge < -0.3 is 15.4 Å². The van der Waals surface area contributed by atoms with Crippen LogP contribution in [0.4, 0.5) is 0 Å². The van der Waals surface area contributed by atoms with Crippen molar-refractivity contribution in [2.24, 2.45) is 5.92 Å². The summed E-state index contributed by atoms with van der Waals surface area (Å²) in [5.41, 5.74) is 0. The highest BCUT2D eigenvalue weighted by molar-refractivity contribution is 5.78. The van der Waals surface area contributed by atoms with Gasteiger partial charge in [-0.05, 0) is 25.3 Å². The molecule has 0 aromatic heterocycles. The molecule has 0 heterocycles. The first-order valence-corrected chi connectivity index (χ1v) is 5.26. The minimum Gasteiger partial charge on any atom is -0.469 e. The fourth-order valence-electron chi connectivity index (χ4n) is 1.18. The number of rotatable bonds is 7. The van der Waals surface area contributed by atoms with Crippen molar-refractivity contribution in [1.82, 2.24) is 10.6 Å². The summed E-state index contributed by atoms with van der Waals surface area (Å²) in [4.78, 5) is 21.9. The Morgan fingerprint density at radius 3 is 2.73 bits per heavy atom. The summed E-state index contributed by atoms with van der Waals surface area (Å²) in [7, 11) is 1.33. The number of amides is 1. The van der Waals surface area contributed by atoms with Crippen LogP contribution in [-0.4, -0.2) is 38.6 Å². The highest BCUT2D eigenvalue weighted by atomic mass is 16.5. The zero-order chi connectivity index (χ0) is 11.1. The summed E-state index contributed by atoms with van der Waals surface area (Å²) >= 11 is 0. The number of carbonyl (C=O) groups excluding carboxylic acids is 2. The lowest BCUT2D eigenvalue weighted by atomic mass is 10.4. The summed E-state index contributed by atoms with van der Waals surface area (Å²) in [6.45, 7) is 1.60. The molecular weight excluding hydrogens is 196 g/mol. The molecule has 0 unspecified atom stereocenters. The van der Waals surface area contributed by atoms with Gasteiger partial charge in [-0.15, -0.1) is 0 Å². The third-order valence-corrected chi connectivity index (χ3v) is 2.29. The van der Waals surface area contributed by atoms with Gasteiger partial charge in [-0.1, -0.05) is 0 Å². The number of nitrogens with one attached hydrogen (secondary N) is 2. The maximum Gasteiger partial charge on any atom is 0.307 e. The van der Waals surface area contributed by atoms with Gasteiger partial charge in [-0.3, -0.25) is 9.59 Å². The van der Waals surface area contributed by atoms with E-state index in [0.29, 0.717) is 13.1 Å². The van der Waals surface area contributed by atoms with Crippen LogP contribution in [0.1, 0.15) is 19.3 Å². The van der Waals surface area contributed by atoms with E-state index in [2.05, 4.69) is 15.4 Å². The minimum absolute atomic E-state index is 0.0699. The molecular formula is C10H18N2O3. The first kappa shape index (κ1) is 12.0. The van der Waals surface area contributed by atoms with E-state index in [1.807, 2.05) is 0 Å². The maximum absolute atomic E-state index is 11.2. The predicted octanol–water partition coefficient (Wildman–Crippen LogP) is -0.335. The van der Waals surface area contributed by atoms with E-state index in [4.69, 9.17) is 0 Å². The predicted molar refractivity (Wildman–Crippen MR) is 55.2 cm³/mol. The van der Waals surface area contributed by atoms with Gasteiger partial charge >= 0.3 is 5.97 Å². The molecule has 5 heteroatoms. The van der Waals surface area contributed by atoms with Gasteiger partial charge in [0.1, 0.15) is 0 Å². The average molecular weight is 214 g/mol. The van der Waals surface area contributed by atoms with E-state index >= 15 is 0 Å². The lowest BCUT2D eigenvalue weighted by molar-refractivity contribution is -0.140. The molecule has 1 fully saturated rings. The van der Waals surface area contributed by atoms with E-state index in [0.717, 1.165) is 12.5 Å². The Hall–Kier alpha value is -1.10. The van der Waals surface area contributed by atoms with E-state index < -0.39 is 0 Å². The molecule has 86 valence electrons. The van der Waals surface area contributed by atoms with Crippen molar-refractivity contribution in [3.63, 3.8) is 0 Å². The first-order valence-electron chi connectivity index (χ1n) is 5.26. The Labute approximate surface area is 89.6 Å². The fraction of sp³-hybridized carbons (Fsp3) is 0.800. The normalized spacial score (nSPS) is 14.7. The van der Waals surface area contributed by atoms with Crippen LogP contribution in [0.5, 0.6) is 0 Å². The van der Waals surface area contributed by atoms with E-state index in [9.17, 15) is 9.59 Å². The number of hydrogen-bond donors (Lipinski definition) is 2. The van der Waals surface area contributed by atoms with Gasteiger partial charge in [-0.25, -0.2) is 0 Å². The molecule has 15 heavy (non-hydrogen) atoms. The summed E-state index contributed by atoms with van der Waals surface area (Å²) in [6.07, 6.45) is 2.78. The molecule has 2 N–H and O–H groups in total. The number of methoxy groups -OCH3 is 1. The second kappa shape index (κ2) is 6.40. The SMILES string of the molecule is COC(=O)CCNC(=O)CNCC1CC1. The molecule has 1 aliphatic rings. The molecule has 5 nitrogen and oxygen atoms in total. The Balaban J connectivity index is 1.90. The second-order valence-corrected chi connectivity index (χ2v) is 3.75. The number of esters is 1. The van der Waals surface area contributed by atoms with E-state index in [-0.39, 0.29) is 18.3 Å². The largest absolute Gasteiger partial charge is 0.469 e. The summed E-state index contributed by atoms with van der Waals surface area (Å²) < 4.78 is 4.45. The van der Waals surface area contributed by atoms with E-state index in [1.54, 1.807) is 0 Å². The number of carbonyl (C=O) groups is 2. The van der Waals surface area contributed by atoms with Crippen molar-refractivity contribution in [2.75, 3.05) is 26.7 Å². The monoisotopic (exact) mass is 214 g/mol. The van der Waals surface area contributed by atoms with Gasteiger partial charge in [0.2, 0.25) is 5.91 Å². The lowest BCUT2D eigenvalue weighted by Crippen LogP contribution is -2.35. The van der Waals surface area contributed by atoms with Gasteiger partial charge in [0.25, 0.3) is 0 Å². The average Bonchev–Trinajstić information content (AvgIpc) is 3.01. The molecule has 0 saturated heterocycles. The molecule has 1 amide bonds. The van der Waals surface area contributed by atoms with Crippen LogP contribution in [-0.2, 0) is 14.3 Å². The van der Waals surface area contributed by atoms with Crippen molar-refractivity contribution >= 4 is 11.9 Å². The van der Waals surface area contributed by atoms with Crippen molar-refractivity contribution in [3.8, 4) is 0 Å². The van der Waals surface area contributed by atoms with Crippen molar-refractivity contribution in [3.05, 3.63) is 0 Å². The summed E-state index contributed by atoms with van der Waals surface area (Å²) in [5, 5.41) is 5.71. The molecule has 0 atom stereocenters. The van der Waals surface area contributed by atoms with Crippen molar-refractivity contribution in [1.29, 1.82) is 0 Å². The first-order chi connectivity index (χ1) is 7.22. The molecule has 0 aromatic rings. The molecule has 1 saturated carbocycles. The molecule has 0 aliphatic heterocycles. The summed E-state index contributed by atoms with van der Waals surface area (Å²) in [6, 6.07) is 0. The molecule has 0 spiro atoms. The number of hydrogen-bond acceptors (Lipinski definition) is 4. The van der Waals surface area contributed by atoms with Crippen LogP contribution >= 0.6 is 0 Å². The molecule has 1 aliphatic carbocycles. The Kier molecular flexibility index (Phi) is 5.10. The quantitative estimate of drug-likeness (QED) is 0.569. The van der Waals surface area contributed by atoms with Gasteiger partial charge in [0, 0.05) is 6.54 Å². The van der Waals surface area contributed by atoms with Crippen LogP contribution in [0.2, 0.25) is 0 Å². The molecule has 1 rings (SSSR count). The number of ether oxygens (including phenoxy) is 1. The lowest BCUT2D eigenvalue weighted by Gasteiger charge is -2.05. The fourth-order valence-corrected chi connectivity index (χ4v) is 1.18. The van der Waals surface area contributed by atoms with Crippen LogP contribution in [0, 0.1) is 5.92 Å². The standard InChI is InChI=1S/C10H18N2O3/c1-15-10(14)4-5-12-9(13)7-11-6-8-2-3-8/h8,11H,2-7H2,1H3,(H,12,13). The van der Waals surface area contributed by atoms with Crippen LogP contribution in [0.25, 0.3) is 0 Å². The summed E-state index contributed by atoms with van der Waals surface area (Å²) in [5.74, 6) is 0.397. The van der Waals surface area contributed by atoms with Gasteiger partial charge in [0.05, 0.1) is 20.1 Å². The third kappa shape index (κ3) is 6.06.